The molecule has 1 aliphatic rings. The summed E-state index contributed by atoms with van der Waals surface area (Å²) in [5.41, 5.74) is 17.0. The summed E-state index contributed by atoms with van der Waals surface area (Å²) in [5, 5.41) is 11.0. The minimum atomic E-state index is -0.464. The largest absolute Gasteiger partial charge is 0.369 e. The highest BCUT2D eigenvalue weighted by molar-refractivity contribution is 5.76. The summed E-state index contributed by atoms with van der Waals surface area (Å²) in [6.45, 7) is 4.16. The van der Waals surface area contributed by atoms with Gasteiger partial charge in [-0.05, 0) is 12.1 Å². The number of rotatable bonds is 8. The van der Waals surface area contributed by atoms with Crippen molar-refractivity contribution >= 4 is 29.1 Å². The van der Waals surface area contributed by atoms with E-state index in [1.807, 2.05) is 19.6 Å². The Kier molecular flexibility index (Phi) is 9.97. The molecule has 0 saturated carbocycles. The molecule has 13 nitrogen and oxygen atoms in total. The van der Waals surface area contributed by atoms with E-state index < -0.39 is 22.6 Å². The smallest absolute Gasteiger partial charge is 0.269 e. The molecule has 1 fully saturated rings. The number of nitrogens with zero attached hydrogens (tertiary/aromatic N) is 5. The van der Waals surface area contributed by atoms with Gasteiger partial charge in [0.05, 0.1) is 24.6 Å². The van der Waals surface area contributed by atoms with Crippen LogP contribution in [0.25, 0.3) is 0 Å². The van der Waals surface area contributed by atoms with Gasteiger partial charge >= 0.3 is 0 Å². The summed E-state index contributed by atoms with van der Waals surface area (Å²) < 4.78 is 0. The predicted molar refractivity (Wildman–Crippen MR) is 122 cm³/mol. The lowest BCUT2D eigenvalue weighted by Gasteiger charge is -2.34. The van der Waals surface area contributed by atoms with Crippen molar-refractivity contribution in [2.75, 3.05) is 76.9 Å². The number of hydrogen-bond donors (Lipinski definition) is 3. The molecule has 1 aromatic carbocycles. The van der Waals surface area contributed by atoms with E-state index >= 15 is 0 Å². The molecule has 33 heavy (non-hydrogen) atoms. The highest BCUT2D eigenvalue weighted by atomic mass is 16.6. The van der Waals surface area contributed by atoms with Gasteiger partial charge in [-0.1, -0.05) is 0 Å². The van der Waals surface area contributed by atoms with E-state index in [1.165, 1.54) is 12.1 Å². The van der Waals surface area contributed by atoms with Crippen molar-refractivity contribution in [3.05, 3.63) is 34.4 Å². The monoisotopic (exact) mass is 464 g/mol. The van der Waals surface area contributed by atoms with E-state index in [1.54, 1.807) is 12.1 Å². The molecule has 13 heteroatoms. The third-order valence-electron chi connectivity index (χ3n) is 5.40. The first kappa shape index (κ1) is 26.0. The normalized spacial score (nSPS) is 17.6. The van der Waals surface area contributed by atoms with Crippen molar-refractivity contribution in [1.29, 1.82) is 0 Å². The highest BCUT2D eigenvalue weighted by Crippen LogP contribution is 2.19. The number of nitrogens with two attached hydrogens (primary N) is 3. The van der Waals surface area contributed by atoms with Gasteiger partial charge in [0.1, 0.15) is 0 Å². The predicted octanol–water partition coefficient (Wildman–Crippen LogP) is -2.22. The van der Waals surface area contributed by atoms with E-state index in [4.69, 9.17) is 17.2 Å². The van der Waals surface area contributed by atoms with Crippen LogP contribution in [0, 0.1) is 10.1 Å². The average Bonchev–Trinajstić information content (AvgIpc) is 2.73. The minimum absolute atomic E-state index is 0.00615. The fraction of sp³-hybridized carbons (Fsp3) is 0.550. The molecule has 6 N–H and O–H groups in total. The maximum atomic E-state index is 11.6. The second-order valence-electron chi connectivity index (χ2n) is 7.99. The quantitative estimate of drug-likeness (QED) is 0.283. The molecule has 1 saturated heterocycles. The van der Waals surface area contributed by atoms with Gasteiger partial charge < -0.3 is 22.1 Å². The summed E-state index contributed by atoms with van der Waals surface area (Å²) in [7, 11) is 0. The van der Waals surface area contributed by atoms with Crippen LogP contribution in [0.15, 0.2) is 24.3 Å². The van der Waals surface area contributed by atoms with Gasteiger partial charge in [0, 0.05) is 70.2 Å². The highest BCUT2D eigenvalue weighted by Gasteiger charge is 2.19. The number of carbonyl (C=O) groups excluding carboxylic acids is 3. The standard InChI is InChI=1S/C20H32N8O5/c21-18(29)13-24-5-7-25(14-19(22)30)9-11-27(12-10-26(8-6-24)15-20(23)31)16-1-3-17(4-2-16)28(32)33/h1-4H,5-15H2,(H2,21,29)(H2,22,30)(H2,23,31). The zero-order valence-corrected chi connectivity index (χ0v) is 18.6. The molecular weight excluding hydrogens is 432 g/mol. The van der Waals surface area contributed by atoms with Crippen LogP contribution in [-0.2, 0) is 14.4 Å². The number of non-ortho nitro benzene ring substituents is 1. The summed E-state index contributed by atoms with van der Waals surface area (Å²) in [4.78, 5) is 52.9. The van der Waals surface area contributed by atoms with E-state index in [2.05, 4.69) is 0 Å². The number of nitro benzene ring substituents is 1. The van der Waals surface area contributed by atoms with E-state index in [9.17, 15) is 24.5 Å². The van der Waals surface area contributed by atoms with Crippen LogP contribution in [0.4, 0.5) is 11.4 Å². The van der Waals surface area contributed by atoms with Crippen LogP contribution < -0.4 is 22.1 Å². The Morgan fingerprint density at radius 2 is 1.03 bits per heavy atom. The van der Waals surface area contributed by atoms with Gasteiger partial charge in [-0.3, -0.25) is 39.2 Å². The first-order valence-electron chi connectivity index (χ1n) is 10.7. The van der Waals surface area contributed by atoms with Crippen molar-refractivity contribution in [3.8, 4) is 0 Å². The molecule has 3 amide bonds. The van der Waals surface area contributed by atoms with E-state index in [0.29, 0.717) is 52.4 Å². The fourth-order valence-corrected chi connectivity index (χ4v) is 3.72. The maximum Gasteiger partial charge on any atom is 0.269 e. The third kappa shape index (κ3) is 9.39. The second kappa shape index (κ2) is 12.7. The number of hydrogen-bond acceptors (Lipinski definition) is 9. The molecule has 1 heterocycles. The van der Waals surface area contributed by atoms with Gasteiger partial charge in [-0.25, -0.2) is 0 Å². The second-order valence-corrected chi connectivity index (χ2v) is 7.99. The molecule has 0 aromatic heterocycles. The Morgan fingerprint density at radius 1 is 0.697 bits per heavy atom. The zero-order chi connectivity index (χ0) is 24.4. The Bertz CT molecular complexity index is 802. The number of carbonyl (C=O) groups is 3. The fourth-order valence-electron chi connectivity index (χ4n) is 3.72. The molecule has 182 valence electrons. The lowest BCUT2D eigenvalue weighted by atomic mass is 10.2. The van der Waals surface area contributed by atoms with Crippen LogP contribution in [0.5, 0.6) is 0 Å². The summed E-state index contributed by atoms with van der Waals surface area (Å²) in [6.07, 6.45) is 0. The number of anilines is 1. The Hall–Kier alpha value is -3.29. The average molecular weight is 465 g/mol. The van der Waals surface area contributed by atoms with Gasteiger partial charge in [0.25, 0.3) is 5.69 Å². The number of primary amides is 3. The number of amides is 3. The molecule has 0 radical (unpaired) electrons. The molecule has 1 aliphatic heterocycles. The van der Waals surface area contributed by atoms with Gasteiger partial charge in [0.15, 0.2) is 0 Å². The third-order valence-corrected chi connectivity index (χ3v) is 5.40. The maximum absolute atomic E-state index is 11.6. The summed E-state index contributed by atoms with van der Waals surface area (Å²) in [6, 6.07) is 6.23. The first-order valence-corrected chi connectivity index (χ1v) is 10.7. The molecule has 0 bridgehead atoms. The Balaban J connectivity index is 2.24. The summed E-state index contributed by atoms with van der Waals surface area (Å²) in [5.74, 6) is -1.38. The van der Waals surface area contributed by atoms with Crippen LogP contribution in [0.3, 0.4) is 0 Å². The lowest BCUT2D eigenvalue weighted by molar-refractivity contribution is -0.384. The molecule has 1 aromatic rings. The molecular formula is C20H32N8O5. The first-order chi connectivity index (χ1) is 15.6. The topological polar surface area (TPSA) is 185 Å². The number of benzene rings is 1. The molecule has 2 rings (SSSR count). The van der Waals surface area contributed by atoms with E-state index in [-0.39, 0.29) is 25.3 Å². The Morgan fingerprint density at radius 3 is 1.33 bits per heavy atom. The van der Waals surface area contributed by atoms with Gasteiger partial charge in [0.2, 0.25) is 17.7 Å². The molecule has 0 atom stereocenters. The number of nitro groups is 1. The van der Waals surface area contributed by atoms with Crippen molar-refractivity contribution in [1.82, 2.24) is 14.7 Å². The Labute approximate surface area is 192 Å². The van der Waals surface area contributed by atoms with Gasteiger partial charge in [-0.2, -0.15) is 0 Å². The van der Waals surface area contributed by atoms with Crippen LogP contribution in [-0.4, -0.2) is 109 Å². The van der Waals surface area contributed by atoms with Crippen molar-refractivity contribution in [2.24, 2.45) is 17.2 Å². The van der Waals surface area contributed by atoms with Crippen molar-refractivity contribution in [3.63, 3.8) is 0 Å². The lowest BCUT2D eigenvalue weighted by Crippen LogP contribution is -2.49. The van der Waals surface area contributed by atoms with Crippen LogP contribution in [0.2, 0.25) is 0 Å². The SMILES string of the molecule is NC(=O)CN1CCN(CC(N)=O)CCN(c2ccc([N+](=O)[O-])cc2)CCN(CC(N)=O)CC1. The molecule has 0 unspecified atom stereocenters. The zero-order valence-electron chi connectivity index (χ0n) is 18.6. The van der Waals surface area contributed by atoms with E-state index in [0.717, 1.165) is 5.69 Å². The van der Waals surface area contributed by atoms with Crippen molar-refractivity contribution < 1.29 is 19.3 Å². The van der Waals surface area contributed by atoms with Crippen LogP contribution >= 0.6 is 0 Å². The van der Waals surface area contributed by atoms with Crippen LogP contribution in [0.1, 0.15) is 0 Å². The summed E-state index contributed by atoms with van der Waals surface area (Å²) >= 11 is 0. The molecule has 0 spiro atoms. The van der Waals surface area contributed by atoms with Gasteiger partial charge in [-0.15, -0.1) is 0 Å². The minimum Gasteiger partial charge on any atom is -0.369 e. The van der Waals surface area contributed by atoms with Crippen molar-refractivity contribution in [2.45, 2.75) is 0 Å². The molecule has 0 aliphatic carbocycles.